The van der Waals surface area contributed by atoms with Gasteiger partial charge in [0.1, 0.15) is 6.04 Å². The Bertz CT molecular complexity index is 319. The lowest BCUT2D eigenvalue weighted by Gasteiger charge is -2.36. The molecule has 2 aliphatic rings. The molecule has 2 saturated heterocycles. The topological polar surface area (TPSA) is 61.4 Å². The number of rotatable bonds is 2. The second-order valence-corrected chi connectivity index (χ2v) is 4.88. The first-order valence-electron chi connectivity index (χ1n) is 6.46. The average molecular weight is 239 g/mol. The summed E-state index contributed by atoms with van der Waals surface area (Å²) in [4.78, 5) is 25.9. The first-order valence-corrected chi connectivity index (χ1v) is 6.46. The summed E-state index contributed by atoms with van der Waals surface area (Å²) in [6.07, 6.45) is 1.57. The fourth-order valence-electron chi connectivity index (χ4n) is 2.79. The molecular weight excluding hydrogens is 218 g/mol. The van der Waals surface area contributed by atoms with E-state index in [1.807, 2.05) is 13.8 Å². The van der Waals surface area contributed by atoms with Gasteiger partial charge in [0, 0.05) is 19.1 Å². The Hall–Kier alpha value is -1.10. The molecule has 2 aliphatic heterocycles. The third kappa shape index (κ3) is 2.29. The minimum absolute atomic E-state index is 0.00860. The van der Waals surface area contributed by atoms with E-state index in [9.17, 15) is 9.59 Å². The van der Waals surface area contributed by atoms with Crippen molar-refractivity contribution in [2.45, 2.75) is 38.8 Å². The standard InChI is InChI=1S/C12H21N3O2/c1-3-10-11(16)14-6-7-15(10)12(17)9-4-5-13-8(9)2/h8-10,13H,3-7H2,1-2H3,(H,14,16). The van der Waals surface area contributed by atoms with Gasteiger partial charge in [-0.15, -0.1) is 0 Å². The minimum Gasteiger partial charge on any atom is -0.353 e. The highest BCUT2D eigenvalue weighted by Crippen LogP contribution is 2.21. The largest absolute Gasteiger partial charge is 0.353 e. The van der Waals surface area contributed by atoms with E-state index in [1.165, 1.54) is 0 Å². The first kappa shape index (κ1) is 12.4. The summed E-state index contributed by atoms with van der Waals surface area (Å²) in [6.45, 7) is 6.11. The molecule has 2 rings (SSSR count). The average Bonchev–Trinajstić information content (AvgIpc) is 2.74. The van der Waals surface area contributed by atoms with Gasteiger partial charge in [0.2, 0.25) is 11.8 Å². The SMILES string of the molecule is CCC1C(=O)NCCN1C(=O)C1CCNC1C. The Balaban J connectivity index is 2.09. The second-order valence-electron chi connectivity index (χ2n) is 4.88. The zero-order valence-electron chi connectivity index (χ0n) is 10.5. The van der Waals surface area contributed by atoms with Gasteiger partial charge in [-0.3, -0.25) is 9.59 Å². The predicted octanol–water partition coefficient (Wildman–Crippen LogP) is -0.279. The molecule has 0 aliphatic carbocycles. The van der Waals surface area contributed by atoms with E-state index in [-0.39, 0.29) is 29.8 Å². The van der Waals surface area contributed by atoms with E-state index in [2.05, 4.69) is 10.6 Å². The summed E-state index contributed by atoms with van der Waals surface area (Å²) in [6, 6.07) is -0.0472. The van der Waals surface area contributed by atoms with Crippen molar-refractivity contribution in [1.29, 1.82) is 0 Å². The highest BCUT2D eigenvalue weighted by atomic mass is 16.2. The van der Waals surface area contributed by atoms with Crippen LogP contribution in [0.2, 0.25) is 0 Å². The molecule has 0 aromatic heterocycles. The quantitative estimate of drug-likeness (QED) is 0.697. The maximum absolute atomic E-state index is 12.4. The van der Waals surface area contributed by atoms with Gasteiger partial charge in [-0.25, -0.2) is 0 Å². The number of carbonyl (C=O) groups is 2. The van der Waals surface area contributed by atoms with Crippen molar-refractivity contribution in [1.82, 2.24) is 15.5 Å². The van der Waals surface area contributed by atoms with Crippen molar-refractivity contribution in [2.24, 2.45) is 5.92 Å². The lowest BCUT2D eigenvalue weighted by atomic mass is 9.98. The van der Waals surface area contributed by atoms with E-state index in [0.717, 1.165) is 13.0 Å². The molecule has 17 heavy (non-hydrogen) atoms. The minimum atomic E-state index is -0.274. The Morgan fingerprint density at radius 2 is 2.24 bits per heavy atom. The van der Waals surface area contributed by atoms with E-state index in [1.54, 1.807) is 4.90 Å². The van der Waals surface area contributed by atoms with Crippen molar-refractivity contribution < 1.29 is 9.59 Å². The summed E-state index contributed by atoms with van der Waals surface area (Å²) >= 11 is 0. The maximum Gasteiger partial charge on any atom is 0.242 e. The number of amides is 2. The molecule has 3 atom stereocenters. The van der Waals surface area contributed by atoms with Crippen molar-refractivity contribution in [3.8, 4) is 0 Å². The van der Waals surface area contributed by atoms with Gasteiger partial charge < -0.3 is 15.5 Å². The Kier molecular flexibility index (Phi) is 3.66. The van der Waals surface area contributed by atoms with Crippen LogP contribution in [0.1, 0.15) is 26.7 Å². The van der Waals surface area contributed by atoms with Crippen LogP contribution in [0.5, 0.6) is 0 Å². The Labute approximate surface area is 102 Å². The van der Waals surface area contributed by atoms with Crippen molar-refractivity contribution in [3.05, 3.63) is 0 Å². The van der Waals surface area contributed by atoms with Crippen LogP contribution in [0.3, 0.4) is 0 Å². The predicted molar refractivity (Wildman–Crippen MR) is 64.4 cm³/mol. The van der Waals surface area contributed by atoms with Gasteiger partial charge in [0.25, 0.3) is 0 Å². The van der Waals surface area contributed by atoms with Crippen LogP contribution in [0.4, 0.5) is 0 Å². The molecule has 3 unspecified atom stereocenters. The van der Waals surface area contributed by atoms with Gasteiger partial charge in [-0.05, 0) is 26.3 Å². The molecule has 0 saturated carbocycles. The van der Waals surface area contributed by atoms with Gasteiger partial charge in [-0.1, -0.05) is 6.92 Å². The van der Waals surface area contributed by atoms with Gasteiger partial charge in [-0.2, -0.15) is 0 Å². The van der Waals surface area contributed by atoms with Crippen molar-refractivity contribution >= 4 is 11.8 Å². The number of nitrogens with zero attached hydrogens (tertiary/aromatic N) is 1. The smallest absolute Gasteiger partial charge is 0.242 e. The van der Waals surface area contributed by atoms with E-state index in [4.69, 9.17) is 0 Å². The summed E-state index contributed by atoms with van der Waals surface area (Å²) in [5, 5.41) is 6.11. The lowest BCUT2D eigenvalue weighted by molar-refractivity contribution is -0.146. The summed E-state index contributed by atoms with van der Waals surface area (Å²) < 4.78 is 0. The monoisotopic (exact) mass is 239 g/mol. The zero-order valence-corrected chi connectivity index (χ0v) is 10.5. The van der Waals surface area contributed by atoms with Gasteiger partial charge in [0.05, 0.1) is 5.92 Å². The fraction of sp³-hybridized carbons (Fsp3) is 0.833. The first-order chi connectivity index (χ1) is 8.15. The molecule has 2 N–H and O–H groups in total. The van der Waals surface area contributed by atoms with Crippen LogP contribution in [-0.2, 0) is 9.59 Å². The normalized spacial score (nSPS) is 33.6. The third-order valence-electron chi connectivity index (χ3n) is 3.84. The molecule has 5 heteroatoms. The second kappa shape index (κ2) is 5.04. The molecule has 2 amide bonds. The summed E-state index contributed by atoms with van der Waals surface area (Å²) in [5.41, 5.74) is 0. The highest BCUT2D eigenvalue weighted by Gasteiger charge is 2.38. The van der Waals surface area contributed by atoms with Crippen LogP contribution < -0.4 is 10.6 Å². The number of nitrogens with one attached hydrogen (secondary N) is 2. The molecule has 2 heterocycles. The van der Waals surface area contributed by atoms with Crippen molar-refractivity contribution in [2.75, 3.05) is 19.6 Å². The molecule has 0 aromatic carbocycles. The van der Waals surface area contributed by atoms with Crippen LogP contribution in [-0.4, -0.2) is 48.4 Å². The summed E-state index contributed by atoms with van der Waals surface area (Å²) in [5.74, 6) is 0.171. The molecular formula is C12H21N3O2. The lowest BCUT2D eigenvalue weighted by Crippen LogP contribution is -2.58. The number of hydrogen-bond donors (Lipinski definition) is 2. The van der Waals surface area contributed by atoms with Gasteiger partial charge in [0.15, 0.2) is 0 Å². The highest BCUT2D eigenvalue weighted by molar-refractivity contribution is 5.90. The van der Waals surface area contributed by atoms with Crippen LogP contribution in [0, 0.1) is 5.92 Å². The molecule has 0 radical (unpaired) electrons. The maximum atomic E-state index is 12.4. The van der Waals surface area contributed by atoms with E-state index < -0.39 is 0 Å². The summed E-state index contributed by atoms with van der Waals surface area (Å²) in [7, 11) is 0. The third-order valence-corrected chi connectivity index (χ3v) is 3.84. The molecule has 0 spiro atoms. The van der Waals surface area contributed by atoms with Crippen molar-refractivity contribution in [3.63, 3.8) is 0 Å². The van der Waals surface area contributed by atoms with E-state index in [0.29, 0.717) is 19.5 Å². The number of hydrogen-bond acceptors (Lipinski definition) is 3. The Morgan fingerprint density at radius 3 is 2.82 bits per heavy atom. The Morgan fingerprint density at radius 1 is 1.47 bits per heavy atom. The molecule has 0 bridgehead atoms. The van der Waals surface area contributed by atoms with E-state index >= 15 is 0 Å². The molecule has 2 fully saturated rings. The molecule has 5 nitrogen and oxygen atoms in total. The number of carbonyl (C=O) groups excluding carboxylic acids is 2. The zero-order chi connectivity index (χ0) is 12.4. The van der Waals surface area contributed by atoms with Crippen LogP contribution in [0.15, 0.2) is 0 Å². The van der Waals surface area contributed by atoms with Gasteiger partial charge >= 0.3 is 0 Å². The van der Waals surface area contributed by atoms with Crippen LogP contribution >= 0.6 is 0 Å². The molecule has 96 valence electrons. The fourth-order valence-corrected chi connectivity index (χ4v) is 2.79. The van der Waals surface area contributed by atoms with Crippen LogP contribution in [0.25, 0.3) is 0 Å². The number of piperazine rings is 1. The molecule has 0 aromatic rings.